The highest BCUT2D eigenvalue weighted by Gasteiger charge is 2.07. The fraction of sp³-hybridized carbons (Fsp3) is 0.130. The number of carboxylic acids is 1. The summed E-state index contributed by atoms with van der Waals surface area (Å²) in [6, 6.07) is 19.9. The number of hydrogen-bond donors (Lipinski definition) is 1. The Morgan fingerprint density at radius 2 is 1.90 bits per heavy atom. The molecule has 4 rings (SSSR count). The fourth-order valence-corrected chi connectivity index (χ4v) is 3.37. The van der Waals surface area contributed by atoms with E-state index in [1.165, 1.54) is 5.56 Å². The molecule has 1 N–H and O–H groups in total. The maximum atomic E-state index is 10.9. The van der Waals surface area contributed by atoms with Crippen LogP contribution >= 0.6 is 11.6 Å². The van der Waals surface area contributed by atoms with Crippen molar-refractivity contribution < 1.29 is 14.6 Å². The Bertz CT molecular complexity index is 1150. The molecule has 2 heterocycles. The van der Waals surface area contributed by atoms with Gasteiger partial charge in [0.2, 0.25) is 0 Å². The second-order valence-corrected chi connectivity index (χ2v) is 7.16. The Labute approximate surface area is 173 Å². The van der Waals surface area contributed by atoms with Crippen molar-refractivity contribution in [1.29, 1.82) is 0 Å². The largest absolute Gasteiger partial charge is 0.492 e. The van der Waals surface area contributed by atoms with Crippen LogP contribution in [0, 0.1) is 0 Å². The highest BCUT2D eigenvalue weighted by atomic mass is 35.5. The minimum Gasteiger partial charge on any atom is -0.492 e. The van der Waals surface area contributed by atoms with Gasteiger partial charge in [-0.05, 0) is 41.0 Å². The van der Waals surface area contributed by atoms with Gasteiger partial charge >= 0.3 is 5.97 Å². The molecule has 146 valence electrons. The standard InChI is InChI=1S/C23H19ClN2O3/c24-20-6-4-17(5-7-20)18-3-1-2-16(12-18)9-11-29-21-13-19-8-10-26(15-22(27)28)23(19)25-14-21/h1-8,10,12-14H,9,11,15H2,(H,27,28). The van der Waals surface area contributed by atoms with E-state index < -0.39 is 5.97 Å². The molecule has 0 bridgehead atoms. The molecule has 29 heavy (non-hydrogen) atoms. The van der Waals surface area contributed by atoms with Crippen molar-refractivity contribution >= 4 is 28.6 Å². The molecule has 0 radical (unpaired) electrons. The van der Waals surface area contributed by atoms with Crippen LogP contribution in [0.1, 0.15) is 5.56 Å². The van der Waals surface area contributed by atoms with Crippen LogP contribution in [0.2, 0.25) is 5.02 Å². The van der Waals surface area contributed by atoms with E-state index in [2.05, 4.69) is 23.2 Å². The molecule has 2 aromatic carbocycles. The summed E-state index contributed by atoms with van der Waals surface area (Å²) in [5, 5.41) is 10.5. The molecule has 0 saturated heterocycles. The molecule has 6 heteroatoms. The molecule has 0 aliphatic carbocycles. The summed E-state index contributed by atoms with van der Waals surface area (Å²) >= 11 is 5.97. The molecule has 5 nitrogen and oxygen atoms in total. The van der Waals surface area contributed by atoms with Crippen molar-refractivity contribution in [2.24, 2.45) is 0 Å². The first-order chi connectivity index (χ1) is 14.1. The number of nitrogens with zero attached hydrogens (tertiary/aromatic N) is 2. The molecule has 2 aromatic heterocycles. The van der Waals surface area contributed by atoms with Gasteiger partial charge in [-0.2, -0.15) is 0 Å². The number of rotatable bonds is 7. The number of hydrogen-bond acceptors (Lipinski definition) is 3. The van der Waals surface area contributed by atoms with Gasteiger partial charge in [0.1, 0.15) is 17.9 Å². The third kappa shape index (κ3) is 4.58. The molecular weight excluding hydrogens is 388 g/mol. The van der Waals surface area contributed by atoms with Crippen molar-refractivity contribution in [3.05, 3.63) is 83.6 Å². The summed E-state index contributed by atoms with van der Waals surface area (Å²) in [5.41, 5.74) is 4.08. The van der Waals surface area contributed by atoms with Gasteiger partial charge in [-0.1, -0.05) is 48.0 Å². The first-order valence-electron chi connectivity index (χ1n) is 9.23. The van der Waals surface area contributed by atoms with Crippen LogP contribution in [0.25, 0.3) is 22.2 Å². The molecule has 0 amide bonds. The number of pyridine rings is 1. The van der Waals surface area contributed by atoms with E-state index in [1.807, 2.05) is 42.5 Å². The second-order valence-electron chi connectivity index (χ2n) is 6.73. The van der Waals surface area contributed by atoms with Crippen LogP contribution in [0.4, 0.5) is 0 Å². The van der Waals surface area contributed by atoms with Gasteiger partial charge in [0, 0.05) is 23.0 Å². The minimum atomic E-state index is -0.898. The average Bonchev–Trinajstić information content (AvgIpc) is 3.10. The highest BCUT2D eigenvalue weighted by Crippen LogP contribution is 2.23. The number of aromatic nitrogens is 2. The molecular formula is C23H19ClN2O3. The molecule has 0 aliphatic heterocycles. The third-order valence-corrected chi connectivity index (χ3v) is 4.90. The zero-order chi connectivity index (χ0) is 20.2. The van der Waals surface area contributed by atoms with Crippen LogP contribution in [0.3, 0.4) is 0 Å². The van der Waals surface area contributed by atoms with E-state index in [0.29, 0.717) is 18.0 Å². The predicted molar refractivity (Wildman–Crippen MR) is 113 cm³/mol. The van der Waals surface area contributed by atoms with Crippen molar-refractivity contribution in [3.8, 4) is 16.9 Å². The van der Waals surface area contributed by atoms with Gasteiger partial charge in [0.25, 0.3) is 0 Å². The zero-order valence-electron chi connectivity index (χ0n) is 15.6. The molecule has 0 spiro atoms. The Hall–Kier alpha value is -3.31. The smallest absolute Gasteiger partial charge is 0.323 e. The molecule has 0 saturated carbocycles. The van der Waals surface area contributed by atoms with Crippen molar-refractivity contribution in [1.82, 2.24) is 9.55 Å². The number of fused-ring (bicyclic) bond motifs is 1. The van der Waals surface area contributed by atoms with Gasteiger partial charge in [0.15, 0.2) is 0 Å². The summed E-state index contributed by atoms with van der Waals surface area (Å²) in [5.74, 6) is -0.232. The lowest BCUT2D eigenvalue weighted by molar-refractivity contribution is -0.137. The van der Waals surface area contributed by atoms with Gasteiger partial charge in [0.05, 0.1) is 12.8 Å². The van der Waals surface area contributed by atoms with Crippen LogP contribution < -0.4 is 4.74 Å². The zero-order valence-corrected chi connectivity index (χ0v) is 16.3. The van der Waals surface area contributed by atoms with E-state index in [9.17, 15) is 4.79 Å². The van der Waals surface area contributed by atoms with E-state index >= 15 is 0 Å². The second kappa shape index (κ2) is 8.37. The Morgan fingerprint density at radius 3 is 2.69 bits per heavy atom. The number of aliphatic carboxylic acids is 1. The van der Waals surface area contributed by atoms with Crippen LogP contribution in [0.5, 0.6) is 5.75 Å². The topological polar surface area (TPSA) is 64.3 Å². The van der Waals surface area contributed by atoms with Gasteiger partial charge < -0.3 is 14.4 Å². The first kappa shape index (κ1) is 19.0. The van der Waals surface area contributed by atoms with Crippen LogP contribution in [0.15, 0.2) is 73.1 Å². The summed E-state index contributed by atoms with van der Waals surface area (Å²) in [4.78, 5) is 15.2. The SMILES string of the molecule is O=C(O)Cn1ccc2cc(OCCc3cccc(-c4ccc(Cl)cc4)c3)cnc21. The van der Waals surface area contributed by atoms with E-state index in [4.69, 9.17) is 21.4 Å². The molecule has 0 atom stereocenters. The average molecular weight is 407 g/mol. The third-order valence-electron chi connectivity index (χ3n) is 4.65. The maximum absolute atomic E-state index is 10.9. The molecule has 0 unspecified atom stereocenters. The fourth-order valence-electron chi connectivity index (χ4n) is 3.25. The van der Waals surface area contributed by atoms with E-state index in [-0.39, 0.29) is 6.54 Å². The lowest BCUT2D eigenvalue weighted by atomic mass is 10.0. The summed E-state index contributed by atoms with van der Waals surface area (Å²) < 4.78 is 7.47. The summed E-state index contributed by atoms with van der Waals surface area (Å²) in [7, 11) is 0. The number of ether oxygens (including phenoxy) is 1. The molecule has 0 aliphatic rings. The Balaban J connectivity index is 1.40. The predicted octanol–water partition coefficient (Wildman–Crippen LogP) is 5.06. The lowest BCUT2D eigenvalue weighted by Crippen LogP contribution is -2.08. The monoisotopic (exact) mass is 406 g/mol. The summed E-state index contributed by atoms with van der Waals surface area (Å²) in [6.07, 6.45) is 4.11. The van der Waals surface area contributed by atoms with Gasteiger partial charge in [-0.25, -0.2) is 4.98 Å². The molecule has 4 aromatic rings. The Kier molecular flexibility index (Phi) is 5.49. The number of carbonyl (C=O) groups is 1. The van der Waals surface area contributed by atoms with Gasteiger partial charge in [-0.3, -0.25) is 4.79 Å². The molecule has 0 fully saturated rings. The quantitative estimate of drug-likeness (QED) is 0.465. The van der Waals surface area contributed by atoms with Crippen molar-refractivity contribution in [3.63, 3.8) is 0 Å². The number of halogens is 1. The van der Waals surface area contributed by atoms with Crippen molar-refractivity contribution in [2.45, 2.75) is 13.0 Å². The maximum Gasteiger partial charge on any atom is 0.323 e. The highest BCUT2D eigenvalue weighted by molar-refractivity contribution is 6.30. The number of carboxylic acid groups (broad SMARTS) is 1. The van der Waals surface area contributed by atoms with E-state index in [0.717, 1.165) is 28.0 Å². The lowest BCUT2D eigenvalue weighted by Gasteiger charge is -2.08. The van der Waals surface area contributed by atoms with Crippen LogP contribution in [-0.2, 0) is 17.8 Å². The Morgan fingerprint density at radius 1 is 1.07 bits per heavy atom. The van der Waals surface area contributed by atoms with E-state index in [1.54, 1.807) is 17.0 Å². The minimum absolute atomic E-state index is 0.110. The van der Waals surface area contributed by atoms with Crippen LogP contribution in [-0.4, -0.2) is 27.2 Å². The normalized spacial score (nSPS) is 10.9. The summed E-state index contributed by atoms with van der Waals surface area (Å²) in [6.45, 7) is 0.410. The van der Waals surface area contributed by atoms with Gasteiger partial charge in [-0.15, -0.1) is 0 Å². The number of benzene rings is 2. The first-order valence-corrected chi connectivity index (χ1v) is 9.61. The van der Waals surface area contributed by atoms with Crippen molar-refractivity contribution in [2.75, 3.05) is 6.61 Å².